The highest BCUT2D eigenvalue weighted by Gasteiger charge is 2.27. The third-order valence-corrected chi connectivity index (χ3v) is 5.98. The molecule has 1 atom stereocenters. The number of hydrogen-bond donors (Lipinski definition) is 1. The molecule has 2 aromatic carbocycles. The van der Waals surface area contributed by atoms with Gasteiger partial charge in [0, 0.05) is 20.0 Å². The van der Waals surface area contributed by atoms with Gasteiger partial charge >= 0.3 is 0 Å². The summed E-state index contributed by atoms with van der Waals surface area (Å²) in [4.78, 5) is 27.2. The summed E-state index contributed by atoms with van der Waals surface area (Å²) in [6, 6.07) is 13.1. The van der Waals surface area contributed by atoms with Crippen molar-refractivity contribution in [2.75, 3.05) is 7.05 Å². The Morgan fingerprint density at radius 3 is 2.17 bits per heavy atom. The van der Waals surface area contributed by atoms with Crippen molar-refractivity contribution in [1.29, 1.82) is 0 Å². The molecule has 6 heteroatoms. The lowest BCUT2D eigenvalue weighted by molar-refractivity contribution is -0.141. The molecule has 0 aliphatic rings. The van der Waals surface area contributed by atoms with Crippen molar-refractivity contribution in [2.45, 2.75) is 58.5 Å². The van der Waals surface area contributed by atoms with Crippen molar-refractivity contribution in [3.05, 3.63) is 69.2 Å². The van der Waals surface area contributed by atoms with Crippen LogP contribution in [0.4, 0.5) is 0 Å². The summed E-state index contributed by atoms with van der Waals surface area (Å²) in [5.41, 5.74) is 3.22. The molecule has 30 heavy (non-hydrogen) atoms. The summed E-state index contributed by atoms with van der Waals surface area (Å²) in [6.45, 7) is 6.51. The number of carbonyl (C=O) groups excluding carboxylic acids is 2. The van der Waals surface area contributed by atoms with Crippen LogP contribution in [0.2, 0.25) is 10.0 Å². The van der Waals surface area contributed by atoms with E-state index in [1.54, 1.807) is 24.1 Å². The van der Waals surface area contributed by atoms with Crippen molar-refractivity contribution in [1.82, 2.24) is 10.2 Å². The minimum Gasteiger partial charge on any atom is -0.357 e. The second-order valence-corrected chi connectivity index (χ2v) is 8.52. The second-order valence-electron chi connectivity index (χ2n) is 7.70. The molecule has 0 fully saturated rings. The first-order valence-corrected chi connectivity index (χ1v) is 11.1. The normalized spacial score (nSPS) is 12.0. The van der Waals surface area contributed by atoms with Gasteiger partial charge in [-0.05, 0) is 47.6 Å². The Labute approximate surface area is 189 Å². The zero-order valence-corrected chi connectivity index (χ0v) is 19.6. The third-order valence-electron chi connectivity index (χ3n) is 5.24. The fourth-order valence-electron chi connectivity index (χ4n) is 3.38. The van der Waals surface area contributed by atoms with Crippen LogP contribution in [0.5, 0.6) is 0 Å². The number of aryl methyl sites for hydroxylation is 1. The standard InChI is InChI=1S/C24H30Cl2N2O2/c1-5-22(24(30)27-4)28(15-18-8-12-20(25)21(26)14-18)23(29)13-9-17-6-10-19(11-7-17)16(2)3/h6-8,10-12,14,16,22H,5,9,13,15H2,1-4H3,(H,27,30)/t22-/m0/s1. The molecule has 4 nitrogen and oxygen atoms in total. The lowest BCUT2D eigenvalue weighted by Crippen LogP contribution is -2.48. The first kappa shape index (κ1) is 24.2. The monoisotopic (exact) mass is 448 g/mol. The summed E-state index contributed by atoms with van der Waals surface area (Å²) in [7, 11) is 1.59. The highest BCUT2D eigenvalue weighted by Crippen LogP contribution is 2.24. The van der Waals surface area contributed by atoms with Crippen molar-refractivity contribution in [3.8, 4) is 0 Å². The largest absolute Gasteiger partial charge is 0.357 e. The third kappa shape index (κ3) is 6.48. The number of nitrogens with zero attached hydrogens (tertiary/aromatic N) is 1. The topological polar surface area (TPSA) is 49.4 Å². The van der Waals surface area contributed by atoms with Crippen LogP contribution in [-0.4, -0.2) is 29.8 Å². The molecule has 2 aromatic rings. The smallest absolute Gasteiger partial charge is 0.242 e. The van der Waals surface area contributed by atoms with E-state index < -0.39 is 6.04 Å². The van der Waals surface area contributed by atoms with Crippen LogP contribution >= 0.6 is 23.2 Å². The highest BCUT2D eigenvalue weighted by atomic mass is 35.5. The van der Waals surface area contributed by atoms with E-state index in [2.05, 4.69) is 43.4 Å². The van der Waals surface area contributed by atoms with E-state index in [1.165, 1.54) is 5.56 Å². The Morgan fingerprint density at radius 2 is 1.63 bits per heavy atom. The predicted octanol–water partition coefficient (Wildman–Crippen LogP) is 5.60. The number of halogens is 2. The maximum absolute atomic E-state index is 13.2. The number of hydrogen-bond acceptors (Lipinski definition) is 2. The molecule has 0 unspecified atom stereocenters. The summed E-state index contributed by atoms with van der Waals surface area (Å²) in [5.74, 6) is 0.233. The maximum Gasteiger partial charge on any atom is 0.242 e. The lowest BCUT2D eigenvalue weighted by atomic mass is 10.00. The molecule has 0 aliphatic carbocycles. The average molecular weight is 449 g/mol. The van der Waals surface area contributed by atoms with Gasteiger partial charge in [-0.2, -0.15) is 0 Å². The van der Waals surface area contributed by atoms with Gasteiger partial charge < -0.3 is 10.2 Å². The first-order chi connectivity index (χ1) is 14.3. The van der Waals surface area contributed by atoms with E-state index in [1.807, 2.05) is 13.0 Å². The number of nitrogens with one attached hydrogen (secondary N) is 1. The minimum atomic E-state index is -0.541. The molecule has 0 spiro atoms. The number of amides is 2. The molecule has 2 rings (SSSR count). The van der Waals surface area contributed by atoms with Gasteiger partial charge in [0.15, 0.2) is 0 Å². The highest BCUT2D eigenvalue weighted by molar-refractivity contribution is 6.42. The molecule has 0 aromatic heterocycles. The summed E-state index contributed by atoms with van der Waals surface area (Å²) < 4.78 is 0. The van der Waals surface area contributed by atoms with Crippen LogP contribution in [0.1, 0.15) is 56.2 Å². The van der Waals surface area contributed by atoms with Gasteiger partial charge in [0.1, 0.15) is 6.04 Å². The van der Waals surface area contributed by atoms with Gasteiger partial charge in [0.25, 0.3) is 0 Å². The Bertz CT molecular complexity index is 866. The van der Waals surface area contributed by atoms with Crippen molar-refractivity contribution in [2.24, 2.45) is 0 Å². The van der Waals surface area contributed by atoms with Crippen LogP contribution in [-0.2, 0) is 22.6 Å². The van der Waals surface area contributed by atoms with Crippen LogP contribution in [0.15, 0.2) is 42.5 Å². The minimum absolute atomic E-state index is 0.0653. The molecular weight excluding hydrogens is 419 g/mol. The molecule has 0 aliphatic heterocycles. The van der Waals surface area contributed by atoms with E-state index in [0.717, 1.165) is 11.1 Å². The van der Waals surface area contributed by atoms with Gasteiger partial charge in [-0.15, -0.1) is 0 Å². The van der Waals surface area contributed by atoms with Crippen LogP contribution in [0.3, 0.4) is 0 Å². The average Bonchev–Trinajstić information content (AvgIpc) is 2.74. The molecule has 1 N–H and O–H groups in total. The van der Waals surface area contributed by atoms with Gasteiger partial charge in [0.05, 0.1) is 10.0 Å². The van der Waals surface area contributed by atoms with Gasteiger partial charge in [-0.3, -0.25) is 9.59 Å². The zero-order valence-electron chi connectivity index (χ0n) is 18.0. The van der Waals surface area contributed by atoms with Crippen LogP contribution in [0.25, 0.3) is 0 Å². The summed E-state index contributed by atoms with van der Waals surface area (Å²) in [6.07, 6.45) is 1.48. The number of likely N-dealkylation sites (N-methyl/N-ethyl adjacent to an activating group) is 1. The lowest BCUT2D eigenvalue weighted by Gasteiger charge is -2.30. The Balaban J connectivity index is 2.18. The zero-order chi connectivity index (χ0) is 22.3. The Hall–Kier alpha value is -2.04. The fourth-order valence-corrected chi connectivity index (χ4v) is 3.71. The predicted molar refractivity (Wildman–Crippen MR) is 124 cm³/mol. The van der Waals surface area contributed by atoms with Gasteiger partial charge in [0.2, 0.25) is 11.8 Å². The van der Waals surface area contributed by atoms with Crippen molar-refractivity contribution in [3.63, 3.8) is 0 Å². The second kappa shape index (κ2) is 11.4. The number of rotatable bonds is 9. The number of benzene rings is 2. The Kier molecular flexibility index (Phi) is 9.19. The van der Waals surface area contributed by atoms with Crippen molar-refractivity contribution >= 4 is 35.0 Å². The summed E-state index contributed by atoms with van der Waals surface area (Å²) >= 11 is 12.2. The first-order valence-electron chi connectivity index (χ1n) is 10.3. The molecule has 0 saturated carbocycles. The van der Waals surface area contributed by atoms with Crippen LogP contribution in [0, 0.1) is 0 Å². The van der Waals surface area contributed by atoms with Crippen LogP contribution < -0.4 is 5.32 Å². The molecule has 0 radical (unpaired) electrons. The van der Waals surface area contributed by atoms with E-state index >= 15 is 0 Å². The fraction of sp³-hybridized carbons (Fsp3) is 0.417. The molecule has 162 valence electrons. The van der Waals surface area contributed by atoms with E-state index in [0.29, 0.717) is 41.8 Å². The van der Waals surface area contributed by atoms with E-state index in [4.69, 9.17) is 23.2 Å². The summed E-state index contributed by atoms with van der Waals surface area (Å²) in [5, 5.41) is 3.56. The SMILES string of the molecule is CC[C@@H](C(=O)NC)N(Cc1ccc(Cl)c(Cl)c1)C(=O)CCc1ccc(C(C)C)cc1. The van der Waals surface area contributed by atoms with Crippen molar-refractivity contribution < 1.29 is 9.59 Å². The molecule has 2 amide bonds. The van der Waals surface area contributed by atoms with E-state index in [-0.39, 0.29) is 11.8 Å². The Morgan fingerprint density at radius 1 is 1.00 bits per heavy atom. The quantitative estimate of drug-likeness (QED) is 0.542. The van der Waals surface area contributed by atoms with Gasteiger partial charge in [-0.25, -0.2) is 0 Å². The number of carbonyl (C=O) groups is 2. The maximum atomic E-state index is 13.2. The van der Waals surface area contributed by atoms with E-state index in [9.17, 15) is 9.59 Å². The molecular formula is C24H30Cl2N2O2. The molecule has 0 bridgehead atoms. The molecule has 0 heterocycles. The molecule has 0 saturated heterocycles. The van der Waals surface area contributed by atoms with Gasteiger partial charge in [-0.1, -0.05) is 74.3 Å².